The van der Waals surface area contributed by atoms with Crippen molar-refractivity contribution in [2.45, 2.75) is 5.62 Å². The SMILES string of the molecule is COC1=NC(Cl)NC(Cl)=N1. The third-order valence-corrected chi connectivity index (χ3v) is 1.24. The number of amidine groups is 2. The minimum atomic E-state index is -0.583. The third kappa shape index (κ3) is 1.75. The topological polar surface area (TPSA) is 46.0 Å². The molecule has 1 unspecified atom stereocenters. The zero-order valence-corrected chi connectivity index (χ0v) is 6.65. The number of ether oxygens (including phenoxy) is 1. The molecule has 0 aromatic heterocycles. The average molecular weight is 182 g/mol. The minimum Gasteiger partial charge on any atom is -0.467 e. The summed E-state index contributed by atoms with van der Waals surface area (Å²) in [5.74, 6) is 0. The van der Waals surface area contributed by atoms with Gasteiger partial charge in [-0.2, -0.15) is 9.98 Å². The van der Waals surface area contributed by atoms with Gasteiger partial charge in [0, 0.05) is 0 Å². The zero-order chi connectivity index (χ0) is 7.56. The van der Waals surface area contributed by atoms with E-state index in [-0.39, 0.29) is 11.3 Å². The Labute approximate surface area is 67.9 Å². The first-order chi connectivity index (χ1) is 4.72. The molecular weight excluding hydrogens is 177 g/mol. The fourth-order valence-electron chi connectivity index (χ4n) is 0.471. The summed E-state index contributed by atoms with van der Waals surface area (Å²) in [5.41, 5.74) is -0.583. The van der Waals surface area contributed by atoms with Gasteiger partial charge in [-0.25, -0.2) is 0 Å². The Hall–Kier alpha value is -0.480. The molecule has 1 N–H and O–H groups in total. The fourth-order valence-corrected chi connectivity index (χ4v) is 0.889. The van der Waals surface area contributed by atoms with Gasteiger partial charge in [0.05, 0.1) is 7.11 Å². The van der Waals surface area contributed by atoms with E-state index in [0.717, 1.165) is 0 Å². The first-order valence-electron chi connectivity index (χ1n) is 2.49. The van der Waals surface area contributed by atoms with Crippen LogP contribution in [0.4, 0.5) is 0 Å². The highest BCUT2D eigenvalue weighted by Gasteiger charge is 2.12. The third-order valence-electron chi connectivity index (χ3n) is 0.838. The van der Waals surface area contributed by atoms with E-state index in [1.54, 1.807) is 0 Å². The lowest BCUT2D eigenvalue weighted by atomic mass is 10.9. The lowest BCUT2D eigenvalue weighted by molar-refractivity contribution is 0.391. The van der Waals surface area contributed by atoms with Crippen LogP contribution in [0.5, 0.6) is 0 Å². The molecule has 1 atom stereocenters. The van der Waals surface area contributed by atoms with E-state index in [2.05, 4.69) is 20.0 Å². The van der Waals surface area contributed by atoms with Gasteiger partial charge in [0.1, 0.15) is 0 Å². The van der Waals surface area contributed by atoms with Gasteiger partial charge in [0.2, 0.25) is 10.9 Å². The minimum absolute atomic E-state index is 0.184. The Morgan fingerprint density at radius 3 is 2.90 bits per heavy atom. The summed E-state index contributed by atoms with van der Waals surface area (Å²) in [7, 11) is 1.45. The van der Waals surface area contributed by atoms with Crippen molar-refractivity contribution in [2.75, 3.05) is 7.11 Å². The number of nitrogens with one attached hydrogen (secondary N) is 1. The lowest BCUT2D eigenvalue weighted by Crippen LogP contribution is -2.31. The van der Waals surface area contributed by atoms with Gasteiger partial charge in [-0.3, -0.25) is 0 Å². The van der Waals surface area contributed by atoms with Gasteiger partial charge in [0.25, 0.3) is 0 Å². The van der Waals surface area contributed by atoms with Crippen LogP contribution in [0.2, 0.25) is 0 Å². The van der Waals surface area contributed by atoms with Crippen LogP contribution in [-0.4, -0.2) is 24.1 Å². The van der Waals surface area contributed by atoms with E-state index in [1.807, 2.05) is 0 Å². The molecule has 0 saturated carbocycles. The van der Waals surface area contributed by atoms with Crippen LogP contribution in [0.1, 0.15) is 0 Å². The summed E-state index contributed by atoms with van der Waals surface area (Å²) in [6.07, 6.45) is 0. The fraction of sp³-hybridized carbons (Fsp3) is 0.500. The molecule has 0 bridgehead atoms. The Morgan fingerprint density at radius 1 is 1.70 bits per heavy atom. The molecule has 4 nitrogen and oxygen atoms in total. The Bertz CT molecular complexity index is 191. The van der Waals surface area contributed by atoms with Crippen molar-refractivity contribution in [2.24, 2.45) is 9.98 Å². The maximum atomic E-state index is 5.54. The van der Waals surface area contributed by atoms with E-state index in [9.17, 15) is 0 Å². The number of aliphatic imine (C=N–C) groups is 2. The molecule has 0 spiro atoms. The van der Waals surface area contributed by atoms with Crippen LogP contribution in [0, 0.1) is 0 Å². The van der Waals surface area contributed by atoms with Gasteiger partial charge in [-0.15, -0.1) is 0 Å². The Morgan fingerprint density at radius 2 is 2.40 bits per heavy atom. The van der Waals surface area contributed by atoms with Crippen LogP contribution < -0.4 is 5.32 Å². The molecule has 1 aliphatic heterocycles. The summed E-state index contributed by atoms with van der Waals surface area (Å²) in [6.45, 7) is 0. The van der Waals surface area contributed by atoms with E-state index in [4.69, 9.17) is 23.2 Å². The molecule has 0 fully saturated rings. The van der Waals surface area contributed by atoms with Crippen LogP contribution >= 0.6 is 23.2 Å². The van der Waals surface area contributed by atoms with Crippen molar-refractivity contribution < 1.29 is 4.74 Å². The Kier molecular flexibility index (Phi) is 2.34. The van der Waals surface area contributed by atoms with E-state index in [1.165, 1.54) is 7.11 Å². The van der Waals surface area contributed by atoms with Gasteiger partial charge >= 0.3 is 6.02 Å². The second-order valence-corrected chi connectivity index (χ2v) is 2.27. The largest absolute Gasteiger partial charge is 0.467 e. The van der Waals surface area contributed by atoms with Crippen LogP contribution in [0.15, 0.2) is 9.98 Å². The van der Waals surface area contributed by atoms with Crippen molar-refractivity contribution in [1.29, 1.82) is 0 Å². The summed E-state index contributed by atoms with van der Waals surface area (Å²) >= 11 is 11.0. The lowest BCUT2D eigenvalue weighted by Gasteiger charge is -2.12. The maximum Gasteiger partial charge on any atom is 0.317 e. The number of hydrogen-bond acceptors (Lipinski definition) is 4. The molecule has 0 radical (unpaired) electrons. The van der Waals surface area contributed by atoms with Crippen molar-refractivity contribution in [3.63, 3.8) is 0 Å². The van der Waals surface area contributed by atoms with Crippen molar-refractivity contribution in [3.05, 3.63) is 0 Å². The number of alkyl halides is 1. The highest BCUT2D eigenvalue weighted by molar-refractivity contribution is 6.65. The second kappa shape index (κ2) is 3.07. The number of nitrogens with zero attached hydrogens (tertiary/aromatic N) is 2. The molecule has 1 aliphatic rings. The van der Waals surface area contributed by atoms with Crippen LogP contribution in [0.3, 0.4) is 0 Å². The second-order valence-electron chi connectivity index (χ2n) is 1.50. The zero-order valence-electron chi connectivity index (χ0n) is 5.14. The van der Waals surface area contributed by atoms with Crippen molar-refractivity contribution in [1.82, 2.24) is 5.32 Å². The quantitative estimate of drug-likeness (QED) is 0.442. The standard InChI is InChI=1S/C4H5Cl2N3O/c1-10-4-8-2(5)7-3(6)9-4/h2H,1H3,(H,7,8,9). The van der Waals surface area contributed by atoms with Gasteiger partial charge in [0.15, 0.2) is 0 Å². The first-order valence-corrected chi connectivity index (χ1v) is 3.30. The summed E-state index contributed by atoms with van der Waals surface area (Å²) in [6, 6.07) is 0.184. The van der Waals surface area contributed by atoms with E-state index in [0.29, 0.717) is 0 Å². The summed E-state index contributed by atoms with van der Waals surface area (Å²) in [4.78, 5) is 7.39. The predicted octanol–water partition coefficient (Wildman–Crippen LogP) is 0.709. The van der Waals surface area contributed by atoms with Crippen LogP contribution in [-0.2, 0) is 4.74 Å². The smallest absolute Gasteiger partial charge is 0.317 e. The highest BCUT2D eigenvalue weighted by atomic mass is 35.5. The maximum absolute atomic E-state index is 5.54. The van der Waals surface area contributed by atoms with Gasteiger partial charge < -0.3 is 10.1 Å². The number of rotatable bonds is 0. The van der Waals surface area contributed by atoms with Crippen molar-refractivity contribution >= 4 is 34.5 Å². The molecule has 1 heterocycles. The highest BCUT2D eigenvalue weighted by Crippen LogP contribution is 2.03. The van der Waals surface area contributed by atoms with E-state index >= 15 is 0 Å². The normalized spacial score (nSPS) is 24.5. The number of hydrogen-bond donors (Lipinski definition) is 1. The molecule has 0 saturated heterocycles. The van der Waals surface area contributed by atoms with E-state index < -0.39 is 5.62 Å². The molecule has 1 rings (SSSR count). The molecular formula is C4H5Cl2N3O. The monoisotopic (exact) mass is 181 g/mol. The van der Waals surface area contributed by atoms with Crippen molar-refractivity contribution in [3.8, 4) is 0 Å². The first kappa shape index (κ1) is 7.63. The number of methoxy groups -OCH3 is 1. The summed E-state index contributed by atoms with van der Waals surface area (Å²) < 4.78 is 4.69. The molecule has 10 heavy (non-hydrogen) atoms. The molecule has 56 valence electrons. The average Bonchev–Trinajstić information content (AvgIpc) is 1.85. The predicted molar refractivity (Wildman–Crippen MR) is 40.5 cm³/mol. The van der Waals surface area contributed by atoms with Crippen LogP contribution in [0.25, 0.3) is 0 Å². The Balaban J connectivity index is 2.72. The molecule has 0 aromatic carbocycles. The molecule has 0 amide bonds. The van der Waals surface area contributed by atoms with Gasteiger partial charge in [-0.1, -0.05) is 11.6 Å². The molecule has 0 aliphatic carbocycles. The van der Waals surface area contributed by atoms with Gasteiger partial charge in [-0.05, 0) is 11.6 Å². The molecule has 6 heteroatoms. The molecule has 0 aromatic rings. The summed E-state index contributed by atoms with van der Waals surface area (Å²) in [5, 5.41) is 2.74. The number of halogens is 2.